The molecule has 0 aliphatic carbocycles. The number of carbonyl (C=O) groups is 2. The van der Waals surface area contributed by atoms with E-state index in [9.17, 15) is 9.59 Å². The van der Waals surface area contributed by atoms with Crippen molar-refractivity contribution in [1.29, 1.82) is 0 Å². The van der Waals surface area contributed by atoms with Gasteiger partial charge >= 0.3 is 0 Å². The van der Waals surface area contributed by atoms with E-state index in [1.54, 1.807) is 14.0 Å². The molecule has 2 amide bonds. The summed E-state index contributed by atoms with van der Waals surface area (Å²) in [5.41, 5.74) is 5.63. The highest BCUT2D eigenvalue weighted by Crippen LogP contribution is 1.94. The zero-order valence-electron chi connectivity index (χ0n) is 10.8. The Morgan fingerprint density at radius 2 is 2.00 bits per heavy atom. The molecule has 0 spiro atoms. The molecule has 6 heteroatoms. The number of hydrogen-bond donors (Lipinski definition) is 3. The Labute approximate surface area is 102 Å². The van der Waals surface area contributed by atoms with Gasteiger partial charge in [0.15, 0.2) is 0 Å². The average molecular weight is 245 g/mol. The first-order chi connectivity index (χ1) is 8.02. The third-order valence-electron chi connectivity index (χ3n) is 2.29. The number of nitrogens with one attached hydrogen (secondary N) is 2. The van der Waals surface area contributed by atoms with E-state index in [4.69, 9.17) is 10.5 Å². The first-order valence-electron chi connectivity index (χ1n) is 5.85. The standard InChI is InChI=1S/C11H23N3O3/c1-4-5-9(12)11(16)14-8(2)10(15)13-6-7-17-3/h8-9H,4-7,12H2,1-3H3,(H,13,15)(H,14,16)/t8?,9-/m0/s1. The van der Waals surface area contributed by atoms with E-state index >= 15 is 0 Å². The van der Waals surface area contributed by atoms with Crippen LogP contribution in [0.3, 0.4) is 0 Å². The zero-order chi connectivity index (χ0) is 13.3. The fourth-order valence-corrected chi connectivity index (χ4v) is 1.26. The number of methoxy groups -OCH3 is 1. The molecular weight excluding hydrogens is 222 g/mol. The zero-order valence-corrected chi connectivity index (χ0v) is 10.8. The van der Waals surface area contributed by atoms with Crippen LogP contribution in [0.2, 0.25) is 0 Å². The van der Waals surface area contributed by atoms with E-state index in [1.165, 1.54) is 0 Å². The van der Waals surface area contributed by atoms with Gasteiger partial charge in [0, 0.05) is 13.7 Å². The number of carbonyl (C=O) groups excluding carboxylic acids is 2. The van der Waals surface area contributed by atoms with Crippen molar-refractivity contribution < 1.29 is 14.3 Å². The summed E-state index contributed by atoms with van der Waals surface area (Å²) in [7, 11) is 1.56. The number of rotatable bonds is 8. The van der Waals surface area contributed by atoms with Gasteiger partial charge in [-0.05, 0) is 13.3 Å². The molecule has 0 aromatic heterocycles. The summed E-state index contributed by atoms with van der Waals surface area (Å²) in [6.07, 6.45) is 1.45. The molecule has 0 rings (SSSR count). The molecule has 17 heavy (non-hydrogen) atoms. The molecule has 0 aliphatic heterocycles. The minimum Gasteiger partial charge on any atom is -0.383 e. The van der Waals surface area contributed by atoms with E-state index in [-0.39, 0.29) is 11.8 Å². The Hall–Kier alpha value is -1.14. The van der Waals surface area contributed by atoms with Gasteiger partial charge in [0.1, 0.15) is 6.04 Å². The van der Waals surface area contributed by atoms with E-state index in [0.29, 0.717) is 19.6 Å². The van der Waals surface area contributed by atoms with Crippen molar-refractivity contribution in [3.63, 3.8) is 0 Å². The van der Waals surface area contributed by atoms with E-state index in [0.717, 1.165) is 6.42 Å². The van der Waals surface area contributed by atoms with Gasteiger partial charge in [-0.1, -0.05) is 13.3 Å². The third-order valence-corrected chi connectivity index (χ3v) is 2.29. The van der Waals surface area contributed by atoms with Crippen molar-refractivity contribution in [2.75, 3.05) is 20.3 Å². The maximum Gasteiger partial charge on any atom is 0.242 e. The molecule has 0 saturated heterocycles. The smallest absolute Gasteiger partial charge is 0.242 e. The summed E-state index contributed by atoms with van der Waals surface area (Å²) in [4.78, 5) is 23.0. The molecule has 100 valence electrons. The second-order valence-corrected chi connectivity index (χ2v) is 3.91. The Morgan fingerprint density at radius 3 is 2.53 bits per heavy atom. The van der Waals surface area contributed by atoms with E-state index < -0.39 is 12.1 Å². The maximum atomic E-state index is 11.5. The molecule has 2 atom stereocenters. The lowest BCUT2D eigenvalue weighted by atomic mass is 10.1. The normalized spacial score (nSPS) is 13.9. The van der Waals surface area contributed by atoms with Crippen LogP contribution in [-0.4, -0.2) is 44.2 Å². The molecule has 0 radical (unpaired) electrons. The summed E-state index contributed by atoms with van der Waals surface area (Å²) < 4.78 is 4.80. The maximum absolute atomic E-state index is 11.5. The Balaban J connectivity index is 3.94. The first kappa shape index (κ1) is 15.9. The van der Waals surface area contributed by atoms with Crippen LogP contribution < -0.4 is 16.4 Å². The molecule has 0 aromatic carbocycles. The second-order valence-electron chi connectivity index (χ2n) is 3.91. The van der Waals surface area contributed by atoms with Gasteiger partial charge in [-0.15, -0.1) is 0 Å². The Kier molecular flexibility index (Phi) is 8.35. The van der Waals surface area contributed by atoms with Gasteiger partial charge in [-0.25, -0.2) is 0 Å². The quantitative estimate of drug-likeness (QED) is 0.497. The summed E-state index contributed by atoms with van der Waals surface area (Å²) in [6, 6.07) is -1.13. The number of amides is 2. The van der Waals surface area contributed by atoms with Crippen molar-refractivity contribution in [1.82, 2.24) is 10.6 Å². The lowest BCUT2D eigenvalue weighted by molar-refractivity contribution is -0.129. The molecule has 0 saturated carbocycles. The van der Waals surface area contributed by atoms with Gasteiger partial charge in [0.2, 0.25) is 11.8 Å². The highest BCUT2D eigenvalue weighted by molar-refractivity contribution is 5.89. The van der Waals surface area contributed by atoms with Crippen LogP contribution in [0.15, 0.2) is 0 Å². The minimum absolute atomic E-state index is 0.237. The third kappa shape index (κ3) is 6.91. The molecule has 0 bridgehead atoms. The SMILES string of the molecule is CCC[C@H](N)C(=O)NC(C)C(=O)NCCOC. The predicted molar refractivity (Wildman–Crippen MR) is 65.4 cm³/mol. The molecule has 0 aromatic rings. The molecule has 0 aliphatic rings. The fourth-order valence-electron chi connectivity index (χ4n) is 1.26. The van der Waals surface area contributed by atoms with Crippen LogP contribution in [0.5, 0.6) is 0 Å². The topological polar surface area (TPSA) is 93.5 Å². The van der Waals surface area contributed by atoms with Gasteiger partial charge in [0.25, 0.3) is 0 Å². The number of nitrogens with two attached hydrogens (primary N) is 1. The minimum atomic E-state index is -0.581. The summed E-state index contributed by atoms with van der Waals surface area (Å²) in [5.74, 6) is -0.527. The van der Waals surface area contributed by atoms with Crippen LogP contribution in [0, 0.1) is 0 Å². The summed E-state index contributed by atoms with van der Waals surface area (Å²) in [6.45, 7) is 4.45. The summed E-state index contributed by atoms with van der Waals surface area (Å²) >= 11 is 0. The molecular formula is C11H23N3O3. The highest BCUT2D eigenvalue weighted by atomic mass is 16.5. The van der Waals surface area contributed by atoms with Gasteiger partial charge in [-0.2, -0.15) is 0 Å². The monoisotopic (exact) mass is 245 g/mol. The highest BCUT2D eigenvalue weighted by Gasteiger charge is 2.18. The van der Waals surface area contributed by atoms with E-state index in [2.05, 4.69) is 10.6 Å². The van der Waals surface area contributed by atoms with E-state index in [1.807, 2.05) is 6.92 Å². The lowest BCUT2D eigenvalue weighted by Gasteiger charge is -2.16. The van der Waals surface area contributed by atoms with Crippen LogP contribution in [0.25, 0.3) is 0 Å². The van der Waals surface area contributed by atoms with Crippen LogP contribution in [0.4, 0.5) is 0 Å². The Bertz CT molecular complexity index is 246. The molecule has 6 nitrogen and oxygen atoms in total. The Morgan fingerprint density at radius 1 is 1.35 bits per heavy atom. The fraction of sp³-hybridized carbons (Fsp3) is 0.818. The summed E-state index contributed by atoms with van der Waals surface area (Å²) in [5, 5.41) is 5.21. The number of hydrogen-bond acceptors (Lipinski definition) is 4. The van der Waals surface area contributed by atoms with Crippen molar-refractivity contribution in [2.45, 2.75) is 38.8 Å². The van der Waals surface area contributed by atoms with Crippen molar-refractivity contribution in [3.05, 3.63) is 0 Å². The van der Waals surface area contributed by atoms with Gasteiger partial charge in [-0.3, -0.25) is 9.59 Å². The van der Waals surface area contributed by atoms with Crippen LogP contribution >= 0.6 is 0 Å². The average Bonchev–Trinajstić information content (AvgIpc) is 2.29. The van der Waals surface area contributed by atoms with Crippen LogP contribution in [0.1, 0.15) is 26.7 Å². The van der Waals surface area contributed by atoms with Crippen molar-refractivity contribution in [3.8, 4) is 0 Å². The molecule has 1 unspecified atom stereocenters. The van der Waals surface area contributed by atoms with Crippen LogP contribution in [-0.2, 0) is 14.3 Å². The largest absolute Gasteiger partial charge is 0.383 e. The predicted octanol–water partition coefficient (Wildman–Crippen LogP) is -0.619. The second kappa shape index (κ2) is 8.95. The van der Waals surface area contributed by atoms with Crippen molar-refractivity contribution >= 4 is 11.8 Å². The van der Waals surface area contributed by atoms with Crippen molar-refractivity contribution in [2.24, 2.45) is 5.73 Å². The molecule has 4 N–H and O–H groups in total. The first-order valence-corrected chi connectivity index (χ1v) is 5.85. The van der Waals surface area contributed by atoms with Gasteiger partial charge in [0.05, 0.1) is 12.6 Å². The molecule has 0 fully saturated rings. The van der Waals surface area contributed by atoms with Gasteiger partial charge < -0.3 is 21.1 Å². The lowest BCUT2D eigenvalue weighted by Crippen LogP contribution is -2.50. The number of ether oxygens (including phenoxy) is 1. The molecule has 0 heterocycles.